The lowest BCUT2D eigenvalue weighted by atomic mass is 9.92. The number of benzene rings is 4. The van der Waals surface area contributed by atoms with Gasteiger partial charge in [0, 0.05) is 48.5 Å². The average molecular weight is 445 g/mol. The van der Waals surface area contributed by atoms with Crippen LogP contribution in [-0.4, -0.2) is 0 Å². The number of ether oxygens (including phenoxy) is 1. The smallest absolute Gasteiger partial charge is 0.228 e. The molecule has 0 radical (unpaired) electrons. The van der Waals surface area contributed by atoms with Gasteiger partial charge < -0.3 is 9.15 Å². The predicted molar refractivity (Wildman–Crippen MR) is 136 cm³/mol. The summed E-state index contributed by atoms with van der Waals surface area (Å²) in [6.45, 7) is 2.19. The van der Waals surface area contributed by atoms with Gasteiger partial charge in [-0.15, -0.1) is 11.3 Å². The van der Waals surface area contributed by atoms with Crippen LogP contribution in [0.5, 0.6) is 11.5 Å². The number of furan rings is 1. The number of nitrogens with zero attached hydrogens (tertiary/aromatic N) is 1. The Bertz CT molecular complexity index is 1980. The zero-order valence-corrected chi connectivity index (χ0v) is 18.9. The number of aromatic nitrogens is 1. The van der Waals surface area contributed by atoms with Crippen LogP contribution in [0.3, 0.4) is 0 Å². The topological polar surface area (TPSA) is 26.2 Å². The van der Waals surface area contributed by atoms with E-state index in [2.05, 4.69) is 79.3 Å². The van der Waals surface area contributed by atoms with E-state index in [1.165, 1.54) is 42.2 Å². The largest absolute Gasteiger partial charge is 0.456 e. The molecular weight excluding hydrogens is 426 g/mol. The number of pyridine rings is 1. The van der Waals surface area contributed by atoms with Crippen molar-refractivity contribution >= 4 is 64.2 Å². The first kappa shape index (κ1) is 17.6. The first-order valence-electron chi connectivity index (χ1n) is 11.1. The molecule has 0 N–H and O–H groups in total. The Kier molecular flexibility index (Phi) is 3.16. The van der Waals surface area contributed by atoms with Gasteiger partial charge >= 0.3 is 0 Å². The van der Waals surface area contributed by atoms with Crippen LogP contribution in [0, 0.1) is 6.92 Å². The quantitative estimate of drug-likeness (QED) is 0.221. The van der Waals surface area contributed by atoms with Crippen LogP contribution in [0.25, 0.3) is 64.1 Å². The summed E-state index contributed by atoms with van der Waals surface area (Å²) in [5.41, 5.74) is 5.32. The molecule has 33 heavy (non-hydrogen) atoms. The normalized spacial score (nSPS) is 12.8. The van der Waals surface area contributed by atoms with E-state index >= 15 is 0 Å². The number of aryl methyl sites for hydroxylation is 2. The molecule has 156 valence electrons. The van der Waals surface area contributed by atoms with E-state index in [0.29, 0.717) is 0 Å². The molecule has 3 nitrogen and oxygen atoms in total. The van der Waals surface area contributed by atoms with Gasteiger partial charge in [0.05, 0.1) is 10.9 Å². The monoisotopic (exact) mass is 444 g/mol. The standard InChI is InChI=1S/C29H18NO2S/c1-15-25-17-8-3-5-9-20(17)31-22(25)14-23-26(15)28-27-18(11-12-30(28)2)29-19(13-21(27)32-23)16-7-4-6-10-24(16)33-29/h3-14H,1-2H3/q+1. The van der Waals surface area contributed by atoms with Crippen LogP contribution >= 0.6 is 11.3 Å². The molecule has 4 aromatic carbocycles. The molecule has 0 saturated heterocycles. The van der Waals surface area contributed by atoms with Gasteiger partial charge in [0.15, 0.2) is 6.20 Å². The average Bonchev–Trinajstić information content (AvgIpc) is 3.38. The highest BCUT2D eigenvalue weighted by atomic mass is 32.1. The summed E-state index contributed by atoms with van der Waals surface area (Å²) < 4.78 is 17.7. The van der Waals surface area contributed by atoms with E-state index in [-0.39, 0.29) is 0 Å². The SMILES string of the molecule is Cc1c2c(cc3oc4ccccc4c13)Oc1cc3c4ccccc4sc3c3cc[n+](C)c-2c13. The predicted octanol–water partition coefficient (Wildman–Crippen LogP) is 8.01. The first-order valence-corrected chi connectivity index (χ1v) is 11.9. The van der Waals surface area contributed by atoms with Crippen LogP contribution in [0.2, 0.25) is 0 Å². The second kappa shape index (κ2) is 5.91. The van der Waals surface area contributed by atoms with Gasteiger partial charge in [-0.3, -0.25) is 0 Å². The molecular formula is C29H18NO2S+. The summed E-state index contributed by atoms with van der Waals surface area (Å²) >= 11 is 1.86. The molecule has 0 fully saturated rings. The fraction of sp³-hybridized carbons (Fsp3) is 0.0690. The molecule has 1 aliphatic heterocycles. The van der Waals surface area contributed by atoms with Crippen LogP contribution in [0.1, 0.15) is 5.56 Å². The Labute approximate surface area is 193 Å². The molecule has 0 spiro atoms. The minimum Gasteiger partial charge on any atom is -0.456 e. The Balaban J connectivity index is 1.58. The van der Waals surface area contributed by atoms with Gasteiger partial charge in [0.1, 0.15) is 29.7 Å². The third-order valence-electron chi connectivity index (χ3n) is 7.06. The Morgan fingerprint density at radius 2 is 1.58 bits per heavy atom. The second-order valence-electron chi connectivity index (χ2n) is 8.86. The minimum atomic E-state index is 0.855. The molecule has 0 amide bonds. The number of thiophene rings is 1. The molecule has 0 saturated carbocycles. The maximum atomic E-state index is 6.65. The van der Waals surface area contributed by atoms with Crippen LogP contribution in [0.15, 0.2) is 77.3 Å². The third kappa shape index (κ3) is 2.12. The Morgan fingerprint density at radius 3 is 2.48 bits per heavy atom. The number of rotatable bonds is 0. The van der Waals surface area contributed by atoms with E-state index in [9.17, 15) is 0 Å². The molecule has 4 heterocycles. The Morgan fingerprint density at radius 1 is 0.758 bits per heavy atom. The molecule has 0 bridgehead atoms. The van der Waals surface area contributed by atoms with Crippen molar-refractivity contribution in [1.29, 1.82) is 0 Å². The van der Waals surface area contributed by atoms with E-state index in [1.807, 2.05) is 23.5 Å². The molecule has 7 aromatic rings. The van der Waals surface area contributed by atoms with Crippen molar-refractivity contribution in [1.82, 2.24) is 0 Å². The highest BCUT2D eigenvalue weighted by Gasteiger charge is 2.32. The summed E-state index contributed by atoms with van der Waals surface area (Å²) in [7, 11) is 2.12. The molecule has 0 aliphatic carbocycles. The number of fused-ring (bicyclic) bond motifs is 9. The summed E-state index contributed by atoms with van der Waals surface area (Å²) in [6.07, 6.45) is 2.18. The number of hydrogen-bond acceptors (Lipinski definition) is 3. The van der Waals surface area contributed by atoms with Gasteiger partial charge in [-0.05, 0) is 30.7 Å². The van der Waals surface area contributed by atoms with Crippen molar-refractivity contribution in [3.8, 4) is 22.8 Å². The fourth-order valence-electron chi connectivity index (χ4n) is 5.63. The van der Waals surface area contributed by atoms with Crippen molar-refractivity contribution in [2.24, 2.45) is 7.05 Å². The summed E-state index contributed by atoms with van der Waals surface area (Å²) in [5, 5.41) is 7.28. The zero-order chi connectivity index (χ0) is 21.8. The lowest BCUT2D eigenvalue weighted by Crippen LogP contribution is -2.31. The van der Waals surface area contributed by atoms with Crippen LogP contribution < -0.4 is 9.30 Å². The lowest BCUT2D eigenvalue weighted by molar-refractivity contribution is -0.659. The molecule has 0 unspecified atom stereocenters. The van der Waals surface area contributed by atoms with Crippen molar-refractivity contribution in [3.63, 3.8) is 0 Å². The molecule has 0 atom stereocenters. The fourth-order valence-corrected chi connectivity index (χ4v) is 6.84. The van der Waals surface area contributed by atoms with E-state index in [0.717, 1.165) is 39.0 Å². The van der Waals surface area contributed by atoms with Gasteiger partial charge in [-0.2, -0.15) is 0 Å². The third-order valence-corrected chi connectivity index (χ3v) is 8.28. The molecule has 3 aromatic heterocycles. The van der Waals surface area contributed by atoms with Crippen LogP contribution in [0.4, 0.5) is 0 Å². The van der Waals surface area contributed by atoms with Crippen molar-refractivity contribution in [3.05, 3.63) is 78.5 Å². The Hall–Kier alpha value is -3.89. The van der Waals surface area contributed by atoms with Gasteiger partial charge in [0.2, 0.25) is 5.69 Å². The summed E-state index contributed by atoms with van der Waals surface area (Å²) in [5.74, 6) is 1.77. The van der Waals surface area contributed by atoms with Crippen molar-refractivity contribution < 1.29 is 13.7 Å². The number of hydrogen-bond donors (Lipinski definition) is 0. The van der Waals surface area contributed by atoms with Gasteiger partial charge in [-0.25, -0.2) is 4.57 Å². The molecule has 8 rings (SSSR count). The maximum Gasteiger partial charge on any atom is 0.228 e. The highest BCUT2D eigenvalue weighted by molar-refractivity contribution is 7.26. The van der Waals surface area contributed by atoms with Crippen LogP contribution in [-0.2, 0) is 7.05 Å². The van der Waals surface area contributed by atoms with Gasteiger partial charge in [0.25, 0.3) is 0 Å². The van der Waals surface area contributed by atoms with Crippen molar-refractivity contribution in [2.45, 2.75) is 6.92 Å². The maximum absolute atomic E-state index is 6.65. The first-order chi connectivity index (χ1) is 16.2. The number of para-hydroxylation sites is 1. The van der Waals surface area contributed by atoms with E-state index in [1.54, 1.807) is 0 Å². The highest BCUT2D eigenvalue weighted by Crippen LogP contribution is 2.52. The summed E-state index contributed by atoms with van der Waals surface area (Å²) in [6, 6.07) is 23.4. The van der Waals surface area contributed by atoms with E-state index in [4.69, 9.17) is 9.15 Å². The van der Waals surface area contributed by atoms with Crippen molar-refractivity contribution in [2.75, 3.05) is 0 Å². The zero-order valence-electron chi connectivity index (χ0n) is 18.1. The van der Waals surface area contributed by atoms with E-state index < -0.39 is 0 Å². The summed E-state index contributed by atoms with van der Waals surface area (Å²) in [4.78, 5) is 0. The molecule has 1 aliphatic rings. The lowest BCUT2D eigenvalue weighted by Gasteiger charge is -2.21. The minimum absolute atomic E-state index is 0.855. The second-order valence-corrected chi connectivity index (χ2v) is 9.91. The van der Waals surface area contributed by atoms with Gasteiger partial charge in [-0.1, -0.05) is 36.4 Å². The molecule has 4 heteroatoms.